The lowest BCUT2D eigenvalue weighted by Gasteiger charge is -2.32. The van der Waals surface area contributed by atoms with E-state index in [0.29, 0.717) is 18.3 Å². The van der Waals surface area contributed by atoms with Crippen LogP contribution >= 0.6 is 0 Å². The highest BCUT2D eigenvalue weighted by atomic mass is 16.5. The minimum atomic E-state index is -0.770. The number of carboxylic acid groups (broad SMARTS) is 1. The minimum absolute atomic E-state index is 0.119. The number of carbonyl (C=O) groups is 1. The molecule has 2 heterocycles. The maximum atomic E-state index is 10.6. The SMILES string of the molecule is CC(C)c1nc(CN2CCN(CC(=O)O)CC2)no1. The number of hydrogen-bond donors (Lipinski definition) is 1. The molecule has 0 atom stereocenters. The molecule has 1 aliphatic heterocycles. The highest BCUT2D eigenvalue weighted by Crippen LogP contribution is 2.12. The molecule has 1 aromatic heterocycles. The lowest BCUT2D eigenvalue weighted by molar-refractivity contribution is -0.138. The zero-order valence-electron chi connectivity index (χ0n) is 11.4. The number of hydrogen-bond acceptors (Lipinski definition) is 6. The maximum Gasteiger partial charge on any atom is 0.317 e. The van der Waals surface area contributed by atoms with Gasteiger partial charge in [0.2, 0.25) is 5.89 Å². The van der Waals surface area contributed by atoms with Crippen LogP contribution in [0.3, 0.4) is 0 Å². The second kappa shape index (κ2) is 6.12. The van der Waals surface area contributed by atoms with Crippen molar-refractivity contribution in [2.75, 3.05) is 32.7 Å². The predicted molar refractivity (Wildman–Crippen MR) is 67.7 cm³/mol. The Morgan fingerprint density at radius 2 is 1.95 bits per heavy atom. The smallest absolute Gasteiger partial charge is 0.317 e. The van der Waals surface area contributed by atoms with E-state index in [2.05, 4.69) is 15.0 Å². The van der Waals surface area contributed by atoms with Gasteiger partial charge >= 0.3 is 5.97 Å². The molecule has 1 fully saturated rings. The van der Waals surface area contributed by atoms with Gasteiger partial charge in [0.1, 0.15) is 0 Å². The van der Waals surface area contributed by atoms with Crippen molar-refractivity contribution in [3.05, 3.63) is 11.7 Å². The average Bonchev–Trinajstić information content (AvgIpc) is 2.80. The van der Waals surface area contributed by atoms with Gasteiger partial charge in [-0.1, -0.05) is 19.0 Å². The molecule has 0 spiro atoms. The monoisotopic (exact) mass is 268 g/mol. The zero-order chi connectivity index (χ0) is 13.8. The fourth-order valence-corrected chi connectivity index (χ4v) is 2.06. The Kier molecular flexibility index (Phi) is 4.49. The highest BCUT2D eigenvalue weighted by Gasteiger charge is 2.20. The first kappa shape index (κ1) is 14.0. The lowest BCUT2D eigenvalue weighted by Crippen LogP contribution is -2.47. The van der Waals surface area contributed by atoms with Crippen molar-refractivity contribution in [1.82, 2.24) is 19.9 Å². The standard InChI is InChI=1S/C12H20N4O3/c1-9(2)12-13-10(14-19-12)7-15-3-5-16(6-4-15)8-11(17)18/h9H,3-8H2,1-2H3,(H,17,18). The third-order valence-electron chi connectivity index (χ3n) is 3.17. The summed E-state index contributed by atoms with van der Waals surface area (Å²) in [5.41, 5.74) is 0. The van der Waals surface area contributed by atoms with Crippen LogP contribution in [0, 0.1) is 0 Å². The predicted octanol–water partition coefficient (Wildman–Crippen LogP) is 0.395. The van der Waals surface area contributed by atoms with E-state index in [1.165, 1.54) is 0 Å². The summed E-state index contributed by atoms with van der Waals surface area (Å²) in [6.45, 7) is 8.01. The quantitative estimate of drug-likeness (QED) is 0.827. The van der Waals surface area contributed by atoms with Gasteiger partial charge in [0, 0.05) is 32.1 Å². The molecule has 1 saturated heterocycles. The molecule has 1 aliphatic rings. The van der Waals surface area contributed by atoms with Crippen LogP contribution in [0.5, 0.6) is 0 Å². The van der Waals surface area contributed by atoms with Gasteiger partial charge in [-0.25, -0.2) is 0 Å². The van der Waals surface area contributed by atoms with E-state index in [0.717, 1.165) is 26.2 Å². The fourth-order valence-electron chi connectivity index (χ4n) is 2.06. The van der Waals surface area contributed by atoms with Crippen molar-refractivity contribution in [3.63, 3.8) is 0 Å². The second-order valence-corrected chi connectivity index (χ2v) is 5.15. The summed E-state index contributed by atoms with van der Waals surface area (Å²) in [6, 6.07) is 0. The van der Waals surface area contributed by atoms with E-state index in [4.69, 9.17) is 9.63 Å². The average molecular weight is 268 g/mol. The van der Waals surface area contributed by atoms with Crippen molar-refractivity contribution < 1.29 is 14.4 Å². The van der Waals surface area contributed by atoms with Crippen LogP contribution in [0.4, 0.5) is 0 Å². The third kappa shape index (κ3) is 4.00. The van der Waals surface area contributed by atoms with Crippen LogP contribution in [-0.2, 0) is 11.3 Å². The fraction of sp³-hybridized carbons (Fsp3) is 0.750. The highest BCUT2D eigenvalue weighted by molar-refractivity contribution is 5.69. The molecule has 7 heteroatoms. The molecule has 106 valence electrons. The Balaban J connectivity index is 1.80. The zero-order valence-corrected chi connectivity index (χ0v) is 11.4. The molecule has 0 amide bonds. The molecular weight excluding hydrogens is 248 g/mol. The van der Waals surface area contributed by atoms with Gasteiger partial charge in [-0.3, -0.25) is 14.6 Å². The summed E-state index contributed by atoms with van der Waals surface area (Å²) >= 11 is 0. The van der Waals surface area contributed by atoms with Crippen molar-refractivity contribution in [3.8, 4) is 0 Å². The van der Waals surface area contributed by atoms with Gasteiger partial charge in [0.05, 0.1) is 13.1 Å². The topological polar surface area (TPSA) is 82.7 Å². The molecule has 1 aromatic rings. The molecule has 19 heavy (non-hydrogen) atoms. The largest absolute Gasteiger partial charge is 0.480 e. The number of nitrogens with zero attached hydrogens (tertiary/aromatic N) is 4. The second-order valence-electron chi connectivity index (χ2n) is 5.15. The minimum Gasteiger partial charge on any atom is -0.480 e. The molecule has 7 nitrogen and oxygen atoms in total. The van der Waals surface area contributed by atoms with Crippen LogP contribution in [0.2, 0.25) is 0 Å². The first-order valence-corrected chi connectivity index (χ1v) is 6.53. The van der Waals surface area contributed by atoms with E-state index in [9.17, 15) is 4.79 Å². The van der Waals surface area contributed by atoms with Gasteiger partial charge in [-0.2, -0.15) is 4.98 Å². The van der Waals surface area contributed by atoms with Gasteiger partial charge < -0.3 is 9.63 Å². The number of aliphatic carboxylic acids is 1. The van der Waals surface area contributed by atoms with E-state index >= 15 is 0 Å². The summed E-state index contributed by atoms with van der Waals surface area (Å²) < 4.78 is 5.17. The summed E-state index contributed by atoms with van der Waals surface area (Å²) in [4.78, 5) is 19.1. The van der Waals surface area contributed by atoms with Crippen molar-refractivity contribution in [1.29, 1.82) is 0 Å². The van der Waals surface area contributed by atoms with E-state index < -0.39 is 5.97 Å². The number of rotatable bonds is 5. The Hall–Kier alpha value is -1.47. The summed E-state index contributed by atoms with van der Waals surface area (Å²) in [5.74, 6) is 0.844. The van der Waals surface area contributed by atoms with Crippen LogP contribution in [0.15, 0.2) is 4.52 Å². The first-order valence-electron chi connectivity index (χ1n) is 6.53. The molecule has 0 bridgehead atoms. The van der Waals surface area contributed by atoms with Crippen molar-refractivity contribution in [2.45, 2.75) is 26.3 Å². The normalized spacial score (nSPS) is 18.1. The molecule has 2 rings (SSSR count). The van der Waals surface area contributed by atoms with Crippen LogP contribution < -0.4 is 0 Å². The van der Waals surface area contributed by atoms with Crippen LogP contribution in [0.25, 0.3) is 0 Å². The molecule has 0 radical (unpaired) electrons. The molecular formula is C12H20N4O3. The molecule has 0 saturated carbocycles. The summed E-state index contributed by atoms with van der Waals surface area (Å²) in [7, 11) is 0. The lowest BCUT2D eigenvalue weighted by atomic mass is 10.2. The first-order chi connectivity index (χ1) is 9.04. The van der Waals surface area contributed by atoms with Gasteiger partial charge in [0.15, 0.2) is 5.82 Å². The van der Waals surface area contributed by atoms with Crippen LogP contribution in [-0.4, -0.2) is 63.7 Å². The maximum absolute atomic E-state index is 10.6. The van der Waals surface area contributed by atoms with E-state index in [1.54, 1.807) is 0 Å². The molecule has 0 aromatic carbocycles. The van der Waals surface area contributed by atoms with E-state index in [1.807, 2.05) is 18.7 Å². The molecule has 0 aliphatic carbocycles. The van der Waals surface area contributed by atoms with Crippen molar-refractivity contribution in [2.24, 2.45) is 0 Å². The Morgan fingerprint density at radius 1 is 1.32 bits per heavy atom. The van der Waals surface area contributed by atoms with Gasteiger partial charge in [-0.15, -0.1) is 0 Å². The Bertz CT molecular complexity index is 424. The molecule has 0 unspecified atom stereocenters. The number of aromatic nitrogens is 2. The van der Waals surface area contributed by atoms with Crippen molar-refractivity contribution >= 4 is 5.97 Å². The van der Waals surface area contributed by atoms with Gasteiger partial charge in [-0.05, 0) is 0 Å². The van der Waals surface area contributed by atoms with Gasteiger partial charge in [0.25, 0.3) is 0 Å². The Morgan fingerprint density at radius 3 is 2.47 bits per heavy atom. The summed E-state index contributed by atoms with van der Waals surface area (Å²) in [6.07, 6.45) is 0. The van der Waals surface area contributed by atoms with E-state index in [-0.39, 0.29) is 12.5 Å². The number of carboxylic acids is 1. The number of piperazine rings is 1. The summed E-state index contributed by atoms with van der Waals surface area (Å²) in [5, 5.41) is 12.7. The third-order valence-corrected chi connectivity index (χ3v) is 3.17. The Labute approximate surface area is 112 Å². The molecule has 1 N–H and O–H groups in total. The van der Waals surface area contributed by atoms with Crippen LogP contribution in [0.1, 0.15) is 31.5 Å².